The van der Waals surface area contributed by atoms with Crippen LogP contribution < -0.4 is 14.8 Å². The summed E-state index contributed by atoms with van der Waals surface area (Å²) < 4.78 is 10.6. The minimum Gasteiger partial charge on any atom is -0.497 e. The molecule has 2 aromatic rings. The summed E-state index contributed by atoms with van der Waals surface area (Å²) in [5, 5.41) is 2.97. The topological polar surface area (TPSA) is 50.8 Å². The minimum absolute atomic E-state index is 0.0797. The molecule has 0 spiro atoms. The van der Waals surface area contributed by atoms with Crippen LogP contribution in [0, 0.1) is 0 Å². The van der Waals surface area contributed by atoms with E-state index in [1.807, 2.05) is 30.3 Å². The van der Waals surface area contributed by atoms with Gasteiger partial charge in [-0.3, -0.25) is 9.69 Å². The Hall–Kier alpha value is -2.53. The first kappa shape index (κ1) is 20.2. The molecular formula is C23H30N2O3. The number of anilines is 1. The molecule has 1 amide bonds. The number of hydrogen-bond acceptors (Lipinski definition) is 4. The number of amides is 1. The average Bonchev–Trinajstić information content (AvgIpc) is 2.71. The number of hydrogen-bond donors (Lipinski definition) is 1. The minimum atomic E-state index is -0.0797. The maximum atomic E-state index is 12.5. The Morgan fingerprint density at radius 2 is 1.89 bits per heavy atom. The van der Waals surface area contributed by atoms with Gasteiger partial charge >= 0.3 is 0 Å². The number of nitrogens with one attached hydrogen (secondary N) is 1. The average molecular weight is 383 g/mol. The molecule has 0 radical (unpaired) electrons. The quantitative estimate of drug-likeness (QED) is 0.777. The van der Waals surface area contributed by atoms with E-state index in [1.54, 1.807) is 14.2 Å². The monoisotopic (exact) mass is 382 g/mol. The van der Waals surface area contributed by atoms with Gasteiger partial charge in [0.1, 0.15) is 11.5 Å². The van der Waals surface area contributed by atoms with Gasteiger partial charge in [-0.05, 0) is 62.2 Å². The summed E-state index contributed by atoms with van der Waals surface area (Å²) >= 11 is 0. The standard InChI is InChI=1S/C23H30N2O3/c1-17-6-4-5-13-25(17)16-18-7-9-20(10-8-18)24-23(26)15-19-14-21(27-2)11-12-22(19)28-3/h7-12,14,17H,4-6,13,15-16H2,1-3H3,(H,24,26). The molecule has 1 aliphatic rings. The maximum absolute atomic E-state index is 12.5. The van der Waals surface area contributed by atoms with Crippen LogP contribution in [0.5, 0.6) is 11.5 Å². The summed E-state index contributed by atoms with van der Waals surface area (Å²) in [7, 11) is 3.21. The van der Waals surface area contributed by atoms with Crippen molar-refractivity contribution in [2.45, 2.75) is 45.2 Å². The van der Waals surface area contributed by atoms with Gasteiger partial charge in [-0.1, -0.05) is 18.6 Å². The second-order valence-electron chi connectivity index (χ2n) is 7.41. The lowest BCUT2D eigenvalue weighted by Gasteiger charge is -2.33. The van der Waals surface area contributed by atoms with Crippen molar-refractivity contribution in [2.24, 2.45) is 0 Å². The molecule has 1 fully saturated rings. The van der Waals surface area contributed by atoms with Crippen LogP contribution in [0.2, 0.25) is 0 Å². The Bertz CT molecular complexity index is 789. The summed E-state index contributed by atoms with van der Waals surface area (Å²) in [5.74, 6) is 1.31. The molecule has 1 unspecified atom stereocenters. The summed E-state index contributed by atoms with van der Waals surface area (Å²) in [6.07, 6.45) is 4.13. The van der Waals surface area contributed by atoms with Crippen LogP contribution in [0.15, 0.2) is 42.5 Å². The Morgan fingerprint density at radius 3 is 2.57 bits per heavy atom. The first-order valence-corrected chi connectivity index (χ1v) is 9.93. The number of nitrogens with zero attached hydrogens (tertiary/aromatic N) is 1. The van der Waals surface area contributed by atoms with Gasteiger partial charge in [-0.25, -0.2) is 0 Å². The summed E-state index contributed by atoms with van der Waals surface area (Å²) in [4.78, 5) is 15.0. The molecule has 5 heteroatoms. The van der Waals surface area contributed by atoms with Gasteiger partial charge in [-0.15, -0.1) is 0 Å². The molecule has 2 aromatic carbocycles. The molecule has 0 saturated carbocycles. The zero-order chi connectivity index (χ0) is 19.9. The molecule has 1 aliphatic heterocycles. The van der Waals surface area contributed by atoms with Crippen molar-refractivity contribution in [1.29, 1.82) is 0 Å². The first-order valence-electron chi connectivity index (χ1n) is 9.93. The Kier molecular flexibility index (Phi) is 6.93. The van der Waals surface area contributed by atoms with E-state index in [9.17, 15) is 4.79 Å². The SMILES string of the molecule is COc1ccc(OC)c(CC(=O)Nc2ccc(CN3CCCCC3C)cc2)c1. The predicted molar refractivity (Wildman–Crippen MR) is 112 cm³/mol. The molecule has 1 heterocycles. The lowest BCUT2D eigenvalue weighted by atomic mass is 10.0. The fourth-order valence-electron chi connectivity index (χ4n) is 3.72. The fourth-order valence-corrected chi connectivity index (χ4v) is 3.72. The second kappa shape index (κ2) is 9.60. The highest BCUT2D eigenvalue weighted by Crippen LogP contribution is 2.25. The third kappa shape index (κ3) is 5.26. The van der Waals surface area contributed by atoms with E-state index in [-0.39, 0.29) is 12.3 Å². The van der Waals surface area contributed by atoms with Crippen LogP contribution in [-0.2, 0) is 17.8 Å². The van der Waals surface area contributed by atoms with Gasteiger partial charge in [0.05, 0.1) is 20.6 Å². The molecule has 1 N–H and O–H groups in total. The molecule has 5 nitrogen and oxygen atoms in total. The van der Waals surface area contributed by atoms with Gasteiger partial charge < -0.3 is 14.8 Å². The Balaban J connectivity index is 1.59. The van der Waals surface area contributed by atoms with Crippen molar-refractivity contribution in [3.05, 3.63) is 53.6 Å². The third-order valence-electron chi connectivity index (χ3n) is 5.40. The smallest absolute Gasteiger partial charge is 0.228 e. The van der Waals surface area contributed by atoms with Gasteiger partial charge in [0.15, 0.2) is 0 Å². The fraction of sp³-hybridized carbons (Fsp3) is 0.435. The lowest BCUT2D eigenvalue weighted by molar-refractivity contribution is -0.115. The molecule has 28 heavy (non-hydrogen) atoms. The first-order chi connectivity index (χ1) is 13.6. The molecule has 150 valence electrons. The Morgan fingerprint density at radius 1 is 1.11 bits per heavy atom. The van der Waals surface area contributed by atoms with E-state index in [0.29, 0.717) is 17.5 Å². The number of carbonyl (C=O) groups excluding carboxylic acids is 1. The molecule has 0 aromatic heterocycles. The van der Waals surface area contributed by atoms with E-state index in [4.69, 9.17) is 9.47 Å². The van der Waals surface area contributed by atoms with Crippen molar-refractivity contribution in [3.63, 3.8) is 0 Å². The van der Waals surface area contributed by atoms with Crippen LogP contribution in [0.25, 0.3) is 0 Å². The van der Waals surface area contributed by atoms with E-state index >= 15 is 0 Å². The van der Waals surface area contributed by atoms with E-state index in [2.05, 4.69) is 29.3 Å². The number of rotatable bonds is 7. The summed E-state index contributed by atoms with van der Waals surface area (Å²) in [6, 6.07) is 14.3. The largest absolute Gasteiger partial charge is 0.497 e. The number of benzene rings is 2. The third-order valence-corrected chi connectivity index (χ3v) is 5.40. The summed E-state index contributed by atoms with van der Waals surface area (Å²) in [6.45, 7) is 4.44. The number of piperidine rings is 1. The van der Waals surface area contributed by atoms with Crippen molar-refractivity contribution in [3.8, 4) is 11.5 Å². The molecule has 0 bridgehead atoms. The van der Waals surface area contributed by atoms with Crippen LogP contribution >= 0.6 is 0 Å². The predicted octanol–water partition coefficient (Wildman–Crippen LogP) is 4.26. The van der Waals surface area contributed by atoms with E-state index < -0.39 is 0 Å². The summed E-state index contributed by atoms with van der Waals surface area (Å²) in [5.41, 5.74) is 2.89. The zero-order valence-electron chi connectivity index (χ0n) is 17.0. The van der Waals surface area contributed by atoms with Crippen molar-refractivity contribution < 1.29 is 14.3 Å². The van der Waals surface area contributed by atoms with Gasteiger partial charge in [-0.2, -0.15) is 0 Å². The van der Waals surface area contributed by atoms with Crippen LogP contribution in [0.4, 0.5) is 5.69 Å². The van der Waals surface area contributed by atoms with E-state index in [1.165, 1.54) is 31.4 Å². The number of carbonyl (C=O) groups is 1. The number of methoxy groups -OCH3 is 2. The highest BCUT2D eigenvalue weighted by molar-refractivity contribution is 5.92. The van der Waals surface area contributed by atoms with Crippen molar-refractivity contribution >= 4 is 11.6 Å². The lowest BCUT2D eigenvalue weighted by Crippen LogP contribution is -2.36. The van der Waals surface area contributed by atoms with Crippen LogP contribution in [-0.4, -0.2) is 37.6 Å². The molecule has 0 aliphatic carbocycles. The maximum Gasteiger partial charge on any atom is 0.228 e. The molecule has 1 atom stereocenters. The van der Waals surface area contributed by atoms with Crippen molar-refractivity contribution in [2.75, 3.05) is 26.1 Å². The second-order valence-corrected chi connectivity index (χ2v) is 7.41. The number of likely N-dealkylation sites (tertiary alicyclic amines) is 1. The zero-order valence-corrected chi connectivity index (χ0v) is 17.0. The highest BCUT2D eigenvalue weighted by atomic mass is 16.5. The van der Waals surface area contributed by atoms with Gasteiger partial charge in [0, 0.05) is 23.8 Å². The van der Waals surface area contributed by atoms with Crippen LogP contribution in [0.3, 0.4) is 0 Å². The normalized spacial score (nSPS) is 17.2. The van der Waals surface area contributed by atoms with E-state index in [0.717, 1.165) is 17.8 Å². The van der Waals surface area contributed by atoms with Gasteiger partial charge in [0.2, 0.25) is 5.91 Å². The molecular weight excluding hydrogens is 352 g/mol. The Labute approximate surface area is 167 Å². The van der Waals surface area contributed by atoms with Gasteiger partial charge in [0.25, 0.3) is 0 Å². The van der Waals surface area contributed by atoms with Crippen molar-refractivity contribution in [1.82, 2.24) is 4.90 Å². The highest BCUT2D eigenvalue weighted by Gasteiger charge is 2.18. The number of ether oxygens (including phenoxy) is 2. The molecule has 1 saturated heterocycles. The molecule has 3 rings (SSSR count). The van der Waals surface area contributed by atoms with Crippen LogP contribution in [0.1, 0.15) is 37.3 Å².